The van der Waals surface area contributed by atoms with Crippen molar-refractivity contribution in [2.75, 3.05) is 6.61 Å². The van der Waals surface area contributed by atoms with Crippen molar-refractivity contribution in [3.63, 3.8) is 0 Å². The fraction of sp³-hybridized carbons (Fsp3) is 0.222. The van der Waals surface area contributed by atoms with Gasteiger partial charge in [0.1, 0.15) is 5.82 Å². The average Bonchev–Trinajstić information content (AvgIpc) is 2.62. The van der Waals surface area contributed by atoms with E-state index in [-0.39, 0.29) is 17.6 Å². The van der Waals surface area contributed by atoms with Gasteiger partial charge in [-0.15, -0.1) is 0 Å². The van der Waals surface area contributed by atoms with Gasteiger partial charge in [0.05, 0.1) is 21.6 Å². The van der Waals surface area contributed by atoms with E-state index in [4.69, 9.17) is 12.2 Å². The molecule has 0 aliphatic carbocycles. The summed E-state index contributed by atoms with van der Waals surface area (Å²) in [7, 11) is 0. The van der Waals surface area contributed by atoms with Crippen molar-refractivity contribution >= 4 is 84.3 Å². The lowest BCUT2D eigenvalue weighted by atomic mass is 9.88. The number of aliphatic hydroxyl groups excluding tert-OH is 1. The van der Waals surface area contributed by atoms with Crippen molar-refractivity contribution < 1.29 is 14.3 Å². The van der Waals surface area contributed by atoms with Gasteiger partial charge in [-0.05, 0) is 72.1 Å². The number of thiocarbonyl (C=S) groups is 1. The Bertz CT molecular complexity index is 871. The second kappa shape index (κ2) is 9.90. The summed E-state index contributed by atoms with van der Waals surface area (Å²) in [5, 5.41) is 15.4. The molecule has 27 heavy (non-hydrogen) atoms. The minimum atomic E-state index is -1.04. The molecule has 0 radical (unpaired) electrons. The molecule has 0 aromatic heterocycles. The summed E-state index contributed by atoms with van der Waals surface area (Å²) in [5.74, 6) is -0.793. The molecule has 0 saturated heterocycles. The van der Waals surface area contributed by atoms with E-state index in [2.05, 4.69) is 49.2 Å². The number of alkyl halides is 1. The monoisotopic (exact) mass is 676 g/mol. The molecule has 2 aromatic carbocycles. The first kappa shape index (κ1) is 22.9. The van der Waals surface area contributed by atoms with Gasteiger partial charge >= 0.3 is 0 Å². The fourth-order valence-corrected chi connectivity index (χ4v) is 4.26. The first-order valence-corrected chi connectivity index (χ1v) is 11.3. The van der Waals surface area contributed by atoms with E-state index in [1.807, 2.05) is 34.7 Å². The molecule has 0 saturated carbocycles. The van der Waals surface area contributed by atoms with E-state index < -0.39 is 15.3 Å². The summed E-state index contributed by atoms with van der Waals surface area (Å²) in [6.07, 6.45) is 0. The third-order valence-electron chi connectivity index (χ3n) is 3.99. The number of hydrogen-bond donors (Lipinski definition) is 3. The van der Waals surface area contributed by atoms with Gasteiger partial charge in [0.15, 0.2) is 5.11 Å². The highest BCUT2D eigenvalue weighted by atomic mass is 127. The van der Waals surface area contributed by atoms with Crippen LogP contribution in [-0.4, -0.2) is 26.7 Å². The first-order chi connectivity index (χ1) is 12.7. The Morgan fingerprint density at radius 1 is 1.37 bits per heavy atom. The van der Waals surface area contributed by atoms with Crippen LogP contribution in [0.5, 0.6) is 0 Å². The second-order valence-corrected chi connectivity index (χ2v) is 9.85. The molecule has 2 unspecified atom stereocenters. The molecule has 0 aliphatic rings. The normalized spacial score (nSPS) is 14.1. The summed E-state index contributed by atoms with van der Waals surface area (Å²) in [6.45, 7) is 1.53. The van der Waals surface area contributed by atoms with Crippen LogP contribution in [0.4, 0.5) is 4.39 Å². The predicted molar refractivity (Wildman–Crippen MR) is 129 cm³/mol. The van der Waals surface area contributed by atoms with Crippen LogP contribution >= 0.6 is 73.3 Å². The third kappa shape index (κ3) is 5.58. The number of carbonyl (C=O) groups excluding carboxylic acids is 1. The molecule has 0 aliphatic heterocycles. The van der Waals surface area contributed by atoms with Crippen molar-refractivity contribution in [3.8, 4) is 0 Å². The van der Waals surface area contributed by atoms with E-state index in [1.165, 1.54) is 6.07 Å². The van der Waals surface area contributed by atoms with Crippen LogP contribution in [-0.2, 0) is 5.54 Å². The average molecular weight is 677 g/mol. The highest BCUT2D eigenvalue weighted by molar-refractivity contribution is 14.1. The Labute approximate surface area is 198 Å². The zero-order chi connectivity index (χ0) is 20.2. The smallest absolute Gasteiger partial charge is 0.258 e. The number of rotatable bonds is 5. The van der Waals surface area contributed by atoms with E-state index in [9.17, 15) is 14.3 Å². The quantitative estimate of drug-likeness (QED) is 0.248. The maximum atomic E-state index is 14.5. The molecular formula is C18H16BrFI2N2O2S. The molecule has 3 N–H and O–H groups in total. The summed E-state index contributed by atoms with van der Waals surface area (Å²) in [5.41, 5.74) is -0.223. The van der Waals surface area contributed by atoms with Crippen LogP contribution in [0.3, 0.4) is 0 Å². The predicted octanol–water partition coefficient (Wildman–Crippen LogP) is 4.51. The fourth-order valence-electron chi connectivity index (χ4n) is 2.48. The summed E-state index contributed by atoms with van der Waals surface area (Å²) in [6, 6.07) is 11.7. The number of benzene rings is 2. The molecule has 0 bridgehead atoms. The Morgan fingerprint density at radius 2 is 2.04 bits per heavy atom. The van der Waals surface area contributed by atoms with E-state index >= 15 is 0 Å². The SMILES string of the molecule is CC(NC(=S)NC(=O)c1ccccc1I)(c1cc(Br)ccc1F)C(I)CO. The van der Waals surface area contributed by atoms with E-state index in [0.717, 1.165) is 3.57 Å². The summed E-state index contributed by atoms with van der Waals surface area (Å²) in [4.78, 5) is 12.5. The minimum Gasteiger partial charge on any atom is -0.395 e. The molecular weight excluding hydrogens is 661 g/mol. The zero-order valence-electron chi connectivity index (χ0n) is 14.1. The molecule has 2 atom stereocenters. The van der Waals surface area contributed by atoms with Gasteiger partial charge in [-0.2, -0.15) is 0 Å². The van der Waals surface area contributed by atoms with Crippen molar-refractivity contribution in [2.45, 2.75) is 16.4 Å². The lowest BCUT2D eigenvalue weighted by molar-refractivity contribution is 0.0975. The number of aliphatic hydroxyl groups is 1. The lowest BCUT2D eigenvalue weighted by Gasteiger charge is -2.36. The number of carbonyl (C=O) groups is 1. The Morgan fingerprint density at radius 3 is 2.67 bits per heavy atom. The van der Waals surface area contributed by atoms with E-state index in [1.54, 1.807) is 31.2 Å². The first-order valence-electron chi connectivity index (χ1n) is 7.77. The second-order valence-electron chi connectivity index (χ2n) is 5.86. The summed E-state index contributed by atoms with van der Waals surface area (Å²) < 4.78 is 15.6. The van der Waals surface area contributed by atoms with Gasteiger partial charge in [0.2, 0.25) is 0 Å². The van der Waals surface area contributed by atoms with Gasteiger partial charge in [-0.1, -0.05) is 50.7 Å². The molecule has 2 rings (SSSR count). The molecule has 2 aromatic rings. The van der Waals surface area contributed by atoms with Gasteiger partial charge in [-0.3, -0.25) is 10.1 Å². The highest BCUT2D eigenvalue weighted by Gasteiger charge is 2.37. The zero-order valence-corrected chi connectivity index (χ0v) is 20.8. The maximum absolute atomic E-state index is 14.5. The number of nitrogens with one attached hydrogen (secondary N) is 2. The molecule has 9 heteroatoms. The third-order valence-corrected chi connectivity index (χ3v) is 7.27. The van der Waals surface area contributed by atoms with Gasteiger partial charge in [-0.25, -0.2) is 4.39 Å². The lowest BCUT2D eigenvalue weighted by Crippen LogP contribution is -2.55. The van der Waals surface area contributed by atoms with Crippen LogP contribution in [0.2, 0.25) is 0 Å². The van der Waals surface area contributed by atoms with Crippen LogP contribution in [0.15, 0.2) is 46.9 Å². The van der Waals surface area contributed by atoms with Crippen LogP contribution in [0.25, 0.3) is 0 Å². The van der Waals surface area contributed by atoms with Crippen molar-refractivity contribution in [3.05, 3.63) is 67.5 Å². The van der Waals surface area contributed by atoms with Crippen molar-refractivity contribution in [1.29, 1.82) is 0 Å². The topological polar surface area (TPSA) is 61.4 Å². The molecule has 0 heterocycles. The number of amides is 1. The maximum Gasteiger partial charge on any atom is 0.258 e. The molecule has 4 nitrogen and oxygen atoms in total. The largest absolute Gasteiger partial charge is 0.395 e. The van der Waals surface area contributed by atoms with Gasteiger partial charge < -0.3 is 10.4 Å². The minimum absolute atomic E-state index is 0.0524. The highest BCUT2D eigenvalue weighted by Crippen LogP contribution is 2.33. The molecule has 144 valence electrons. The van der Waals surface area contributed by atoms with Crippen LogP contribution < -0.4 is 10.6 Å². The molecule has 0 fully saturated rings. The Kier molecular flexibility index (Phi) is 8.40. The van der Waals surface area contributed by atoms with Crippen LogP contribution in [0, 0.1) is 9.39 Å². The standard InChI is InChI=1S/C18H16BrFI2N2O2S/c1-18(15(22)9-25,12-8-10(19)6-7-13(12)20)24-17(27)23-16(26)11-4-2-3-5-14(11)21/h2-8,15,25H,9H2,1H3,(H2,23,24,26,27). The number of halogens is 4. The van der Waals surface area contributed by atoms with Crippen molar-refractivity contribution in [2.24, 2.45) is 0 Å². The van der Waals surface area contributed by atoms with Gasteiger partial charge in [0, 0.05) is 13.6 Å². The van der Waals surface area contributed by atoms with Crippen molar-refractivity contribution in [1.82, 2.24) is 10.6 Å². The van der Waals surface area contributed by atoms with Crippen LogP contribution in [0.1, 0.15) is 22.8 Å². The Balaban J connectivity index is 2.28. The molecule has 1 amide bonds. The van der Waals surface area contributed by atoms with E-state index in [0.29, 0.717) is 15.6 Å². The summed E-state index contributed by atoms with van der Waals surface area (Å²) >= 11 is 12.7. The number of hydrogen-bond acceptors (Lipinski definition) is 3. The Hall–Kier alpha value is -0.370. The van der Waals surface area contributed by atoms with Gasteiger partial charge in [0.25, 0.3) is 5.91 Å². The molecule has 0 spiro atoms.